The Kier molecular flexibility index (Phi) is 6.70. The largest absolute Gasteiger partial charge is 0.350 e. The van der Waals surface area contributed by atoms with Gasteiger partial charge in [-0.2, -0.15) is 0 Å². The van der Waals surface area contributed by atoms with Crippen LogP contribution in [0.2, 0.25) is 5.02 Å². The smallest absolute Gasteiger partial charge is 0.251 e. The normalized spacial score (nSPS) is 16.7. The Morgan fingerprint density at radius 2 is 1.77 bits per heavy atom. The first kappa shape index (κ1) is 18.9. The summed E-state index contributed by atoms with van der Waals surface area (Å²) in [6, 6.07) is 16.0. The number of carbonyl (C=O) groups excluding carboxylic acids is 1. The first-order valence-electron chi connectivity index (χ1n) is 9.48. The van der Waals surface area contributed by atoms with Gasteiger partial charge in [-0.05, 0) is 56.6 Å². The minimum Gasteiger partial charge on any atom is -0.350 e. The number of halogens is 1. The molecule has 0 saturated carbocycles. The van der Waals surface area contributed by atoms with Crippen LogP contribution in [0.5, 0.6) is 0 Å². The molecule has 1 N–H and O–H groups in total. The van der Waals surface area contributed by atoms with Crippen LogP contribution in [-0.2, 0) is 0 Å². The van der Waals surface area contributed by atoms with E-state index in [1.807, 2.05) is 6.07 Å². The van der Waals surface area contributed by atoms with Crippen molar-refractivity contribution in [3.63, 3.8) is 0 Å². The SMILES string of the molecule is Cc1ccc(C(CNC(=O)c2cccc(Cl)c2)N2CCCCCC2)cc1. The van der Waals surface area contributed by atoms with E-state index in [0.29, 0.717) is 17.1 Å². The molecule has 2 aromatic carbocycles. The second-order valence-electron chi connectivity index (χ2n) is 7.10. The molecule has 1 aliphatic heterocycles. The van der Waals surface area contributed by atoms with E-state index in [4.69, 9.17) is 11.6 Å². The van der Waals surface area contributed by atoms with Gasteiger partial charge in [-0.3, -0.25) is 9.69 Å². The number of hydrogen-bond donors (Lipinski definition) is 1. The molecule has 1 fully saturated rings. The van der Waals surface area contributed by atoms with Gasteiger partial charge in [-0.1, -0.05) is 60.3 Å². The van der Waals surface area contributed by atoms with Crippen molar-refractivity contribution < 1.29 is 4.79 Å². The van der Waals surface area contributed by atoms with Gasteiger partial charge in [-0.25, -0.2) is 0 Å². The van der Waals surface area contributed by atoms with Crippen LogP contribution in [0.25, 0.3) is 0 Å². The number of rotatable bonds is 5. The van der Waals surface area contributed by atoms with E-state index in [1.165, 1.54) is 36.8 Å². The summed E-state index contributed by atoms with van der Waals surface area (Å²) in [5.74, 6) is -0.0700. The number of benzene rings is 2. The molecule has 0 spiro atoms. The highest BCUT2D eigenvalue weighted by atomic mass is 35.5. The molecule has 1 unspecified atom stereocenters. The van der Waals surface area contributed by atoms with Crippen molar-refractivity contribution >= 4 is 17.5 Å². The molecule has 1 atom stereocenters. The number of likely N-dealkylation sites (tertiary alicyclic amines) is 1. The van der Waals surface area contributed by atoms with E-state index in [9.17, 15) is 4.79 Å². The highest BCUT2D eigenvalue weighted by Crippen LogP contribution is 2.24. The fourth-order valence-corrected chi connectivity index (χ4v) is 3.76. The molecule has 1 amide bonds. The lowest BCUT2D eigenvalue weighted by molar-refractivity contribution is 0.0933. The van der Waals surface area contributed by atoms with E-state index in [2.05, 4.69) is 41.4 Å². The van der Waals surface area contributed by atoms with Gasteiger partial charge in [0, 0.05) is 17.1 Å². The van der Waals surface area contributed by atoms with Crippen molar-refractivity contribution in [3.8, 4) is 0 Å². The number of hydrogen-bond acceptors (Lipinski definition) is 2. The van der Waals surface area contributed by atoms with E-state index < -0.39 is 0 Å². The molecule has 26 heavy (non-hydrogen) atoms. The third kappa shape index (κ3) is 5.09. The number of nitrogens with zero attached hydrogens (tertiary/aromatic N) is 1. The molecule has 4 heteroatoms. The molecule has 1 heterocycles. The molecule has 2 aromatic rings. The maximum atomic E-state index is 12.5. The van der Waals surface area contributed by atoms with Crippen LogP contribution >= 0.6 is 11.6 Å². The average molecular weight is 371 g/mol. The summed E-state index contributed by atoms with van der Waals surface area (Å²) in [5, 5.41) is 3.70. The molecule has 3 rings (SSSR count). The molecular formula is C22H27ClN2O. The quantitative estimate of drug-likeness (QED) is 0.803. The third-order valence-corrected chi connectivity index (χ3v) is 5.32. The van der Waals surface area contributed by atoms with Crippen LogP contribution in [0, 0.1) is 6.92 Å². The van der Waals surface area contributed by atoms with Gasteiger partial charge in [0.25, 0.3) is 5.91 Å². The summed E-state index contributed by atoms with van der Waals surface area (Å²) in [7, 11) is 0. The number of amides is 1. The van der Waals surface area contributed by atoms with Crippen LogP contribution in [0.4, 0.5) is 0 Å². The van der Waals surface area contributed by atoms with Gasteiger partial charge in [0.1, 0.15) is 0 Å². The summed E-state index contributed by atoms with van der Waals surface area (Å²) in [5.41, 5.74) is 3.13. The summed E-state index contributed by atoms with van der Waals surface area (Å²) >= 11 is 6.01. The Hall–Kier alpha value is -1.84. The minimum absolute atomic E-state index is 0.0700. The predicted molar refractivity (Wildman–Crippen MR) is 108 cm³/mol. The van der Waals surface area contributed by atoms with Crippen molar-refractivity contribution in [2.45, 2.75) is 38.6 Å². The van der Waals surface area contributed by atoms with Crippen LogP contribution in [0.3, 0.4) is 0 Å². The van der Waals surface area contributed by atoms with Crippen LogP contribution < -0.4 is 5.32 Å². The Morgan fingerprint density at radius 1 is 1.08 bits per heavy atom. The molecule has 0 aliphatic carbocycles. The van der Waals surface area contributed by atoms with Crippen LogP contribution in [0.1, 0.15) is 53.2 Å². The summed E-state index contributed by atoms with van der Waals surface area (Å²) in [4.78, 5) is 15.1. The van der Waals surface area contributed by atoms with Gasteiger partial charge in [0.15, 0.2) is 0 Å². The first-order valence-corrected chi connectivity index (χ1v) is 9.85. The second kappa shape index (κ2) is 9.20. The van der Waals surface area contributed by atoms with Crippen molar-refractivity contribution in [1.82, 2.24) is 10.2 Å². The van der Waals surface area contributed by atoms with Crippen molar-refractivity contribution in [1.29, 1.82) is 0 Å². The minimum atomic E-state index is -0.0700. The van der Waals surface area contributed by atoms with Crippen molar-refractivity contribution in [2.75, 3.05) is 19.6 Å². The summed E-state index contributed by atoms with van der Waals surface area (Å²) in [6.07, 6.45) is 5.05. The third-order valence-electron chi connectivity index (χ3n) is 5.09. The lowest BCUT2D eigenvalue weighted by atomic mass is 10.0. The Morgan fingerprint density at radius 3 is 2.42 bits per heavy atom. The fourth-order valence-electron chi connectivity index (χ4n) is 3.57. The summed E-state index contributed by atoms with van der Waals surface area (Å²) in [6.45, 7) is 4.89. The zero-order chi connectivity index (χ0) is 18.4. The summed E-state index contributed by atoms with van der Waals surface area (Å²) < 4.78 is 0. The Balaban J connectivity index is 1.74. The van der Waals surface area contributed by atoms with E-state index in [1.54, 1.807) is 18.2 Å². The Bertz CT molecular complexity index is 721. The molecule has 138 valence electrons. The van der Waals surface area contributed by atoms with Crippen molar-refractivity contribution in [3.05, 3.63) is 70.2 Å². The highest BCUT2D eigenvalue weighted by Gasteiger charge is 2.22. The molecule has 1 saturated heterocycles. The number of nitrogens with one attached hydrogen (secondary N) is 1. The van der Waals surface area contributed by atoms with Gasteiger partial charge in [-0.15, -0.1) is 0 Å². The topological polar surface area (TPSA) is 32.3 Å². The molecule has 0 aromatic heterocycles. The number of carbonyl (C=O) groups is 1. The molecule has 3 nitrogen and oxygen atoms in total. The fraction of sp³-hybridized carbons (Fsp3) is 0.409. The zero-order valence-electron chi connectivity index (χ0n) is 15.4. The molecular weight excluding hydrogens is 344 g/mol. The maximum absolute atomic E-state index is 12.5. The van der Waals surface area contributed by atoms with Gasteiger partial charge < -0.3 is 5.32 Å². The zero-order valence-corrected chi connectivity index (χ0v) is 16.1. The van der Waals surface area contributed by atoms with E-state index >= 15 is 0 Å². The van der Waals surface area contributed by atoms with Crippen LogP contribution in [-0.4, -0.2) is 30.4 Å². The molecule has 0 radical (unpaired) electrons. The molecule has 1 aliphatic rings. The van der Waals surface area contributed by atoms with Gasteiger partial charge in [0.2, 0.25) is 0 Å². The van der Waals surface area contributed by atoms with E-state index in [0.717, 1.165) is 13.1 Å². The predicted octanol–water partition coefficient (Wildman–Crippen LogP) is 5.00. The van der Waals surface area contributed by atoms with E-state index in [-0.39, 0.29) is 11.9 Å². The van der Waals surface area contributed by atoms with Gasteiger partial charge >= 0.3 is 0 Å². The van der Waals surface area contributed by atoms with Gasteiger partial charge in [0.05, 0.1) is 6.04 Å². The van der Waals surface area contributed by atoms with Crippen LogP contribution in [0.15, 0.2) is 48.5 Å². The maximum Gasteiger partial charge on any atom is 0.251 e. The van der Waals surface area contributed by atoms with Crippen molar-refractivity contribution in [2.24, 2.45) is 0 Å². The standard InChI is InChI=1S/C22H27ClN2O/c1-17-9-11-18(12-10-17)21(25-13-4-2-3-5-14-25)16-24-22(26)19-7-6-8-20(23)15-19/h6-12,15,21H,2-5,13-14,16H2,1H3,(H,24,26). The lowest BCUT2D eigenvalue weighted by Crippen LogP contribution is -2.38. The highest BCUT2D eigenvalue weighted by molar-refractivity contribution is 6.30. The second-order valence-corrected chi connectivity index (χ2v) is 7.53. The number of aryl methyl sites for hydroxylation is 1. The molecule has 0 bridgehead atoms. The lowest BCUT2D eigenvalue weighted by Gasteiger charge is -2.31. The first-order chi connectivity index (χ1) is 12.6. The average Bonchev–Trinajstić information content (AvgIpc) is 2.92. The Labute approximate surface area is 161 Å². The monoisotopic (exact) mass is 370 g/mol.